The fraction of sp³-hybridized carbons (Fsp3) is 0.273. The molecular formula is C11H11BrFN. The van der Waals surface area contributed by atoms with Crippen LogP contribution in [-0.4, -0.2) is 4.57 Å². The molecule has 0 aliphatic carbocycles. The third kappa shape index (κ3) is 1.36. The molecule has 0 radical (unpaired) electrons. The van der Waals surface area contributed by atoms with Gasteiger partial charge in [0.05, 0.1) is 9.99 Å². The van der Waals surface area contributed by atoms with Gasteiger partial charge in [-0.2, -0.15) is 0 Å². The number of benzene rings is 1. The van der Waals surface area contributed by atoms with Crippen LogP contribution in [0.2, 0.25) is 0 Å². The van der Waals surface area contributed by atoms with Crippen molar-refractivity contribution in [2.45, 2.75) is 13.3 Å². The molecule has 0 atom stereocenters. The Labute approximate surface area is 90.7 Å². The van der Waals surface area contributed by atoms with E-state index in [9.17, 15) is 4.39 Å². The molecule has 74 valence electrons. The molecule has 1 aromatic heterocycles. The highest BCUT2D eigenvalue weighted by molar-refractivity contribution is 9.10. The second kappa shape index (κ2) is 3.39. The van der Waals surface area contributed by atoms with Gasteiger partial charge in [-0.3, -0.25) is 0 Å². The average molecular weight is 256 g/mol. The Kier molecular flexibility index (Phi) is 2.35. The van der Waals surface area contributed by atoms with Crippen LogP contribution in [0.1, 0.15) is 12.5 Å². The van der Waals surface area contributed by atoms with Crippen LogP contribution in [0.3, 0.4) is 0 Å². The zero-order chi connectivity index (χ0) is 10.3. The van der Waals surface area contributed by atoms with Crippen molar-refractivity contribution in [3.8, 4) is 0 Å². The van der Waals surface area contributed by atoms with Gasteiger partial charge in [-0.15, -0.1) is 0 Å². The van der Waals surface area contributed by atoms with Crippen LogP contribution in [-0.2, 0) is 13.5 Å². The molecule has 3 heteroatoms. The second-order valence-electron chi connectivity index (χ2n) is 3.40. The minimum absolute atomic E-state index is 0.207. The van der Waals surface area contributed by atoms with Gasteiger partial charge in [0, 0.05) is 18.6 Å². The second-order valence-corrected chi connectivity index (χ2v) is 4.26. The molecule has 0 spiro atoms. The molecule has 1 heterocycles. The molecule has 0 fully saturated rings. The van der Waals surface area contributed by atoms with Crippen LogP contribution < -0.4 is 0 Å². The van der Waals surface area contributed by atoms with Crippen molar-refractivity contribution < 1.29 is 4.39 Å². The molecule has 14 heavy (non-hydrogen) atoms. The molecular weight excluding hydrogens is 245 g/mol. The number of hydrogen-bond acceptors (Lipinski definition) is 0. The quantitative estimate of drug-likeness (QED) is 0.734. The first-order valence-corrected chi connectivity index (χ1v) is 5.35. The lowest BCUT2D eigenvalue weighted by Gasteiger charge is -1.98. The highest BCUT2D eigenvalue weighted by Crippen LogP contribution is 2.27. The fourth-order valence-corrected chi connectivity index (χ4v) is 2.08. The molecule has 0 saturated heterocycles. The van der Waals surface area contributed by atoms with Crippen LogP contribution in [0.15, 0.2) is 22.8 Å². The minimum Gasteiger partial charge on any atom is -0.350 e. The van der Waals surface area contributed by atoms with Crippen LogP contribution in [0.5, 0.6) is 0 Å². The van der Waals surface area contributed by atoms with Crippen LogP contribution in [0, 0.1) is 5.82 Å². The van der Waals surface area contributed by atoms with Gasteiger partial charge in [0.25, 0.3) is 0 Å². The summed E-state index contributed by atoms with van der Waals surface area (Å²) in [5, 5.41) is 1.13. The van der Waals surface area contributed by atoms with Crippen molar-refractivity contribution in [1.29, 1.82) is 0 Å². The van der Waals surface area contributed by atoms with E-state index in [0.717, 1.165) is 17.3 Å². The Hall–Kier alpha value is -0.830. The van der Waals surface area contributed by atoms with E-state index >= 15 is 0 Å². The van der Waals surface area contributed by atoms with Gasteiger partial charge in [0.1, 0.15) is 5.82 Å². The van der Waals surface area contributed by atoms with Gasteiger partial charge in [-0.05, 0) is 40.0 Å². The topological polar surface area (TPSA) is 4.93 Å². The van der Waals surface area contributed by atoms with Crippen LogP contribution >= 0.6 is 15.9 Å². The number of fused-ring (bicyclic) bond motifs is 1. The monoisotopic (exact) mass is 255 g/mol. The summed E-state index contributed by atoms with van der Waals surface area (Å²) in [5.41, 5.74) is 2.20. The summed E-state index contributed by atoms with van der Waals surface area (Å²) in [6.45, 7) is 2.10. The zero-order valence-corrected chi connectivity index (χ0v) is 9.73. The lowest BCUT2D eigenvalue weighted by molar-refractivity contribution is 0.622. The Morgan fingerprint density at radius 1 is 1.43 bits per heavy atom. The van der Waals surface area contributed by atoms with Crippen molar-refractivity contribution >= 4 is 26.8 Å². The van der Waals surface area contributed by atoms with Gasteiger partial charge < -0.3 is 4.57 Å². The number of aryl methyl sites for hydroxylation is 2. The largest absolute Gasteiger partial charge is 0.350 e. The van der Waals surface area contributed by atoms with Crippen molar-refractivity contribution in [2.75, 3.05) is 0 Å². The summed E-state index contributed by atoms with van der Waals surface area (Å²) in [6, 6.07) is 3.42. The zero-order valence-electron chi connectivity index (χ0n) is 8.14. The molecule has 0 amide bonds. The van der Waals surface area contributed by atoms with E-state index in [1.807, 2.05) is 17.7 Å². The molecule has 1 aromatic carbocycles. The molecule has 0 aliphatic heterocycles. The van der Waals surface area contributed by atoms with E-state index in [1.54, 1.807) is 6.07 Å². The van der Waals surface area contributed by atoms with Crippen molar-refractivity contribution in [2.24, 2.45) is 7.05 Å². The Bertz CT molecular complexity index is 487. The minimum atomic E-state index is -0.207. The Morgan fingerprint density at radius 2 is 2.14 bits per heavy atom. The normalized spacial score (nSPS) is 11.1. The summed E-state index contributed by atoms with van der Waals surface area (Å²) in [5.74, 6) is -0.207. The Balaban J connectivity index is 2.84. The average Bonchev–Trinajstić information content (AvgIpc) is 2.45. The van der Waals surface area contributed by atoms with E-state index < -0.39 is 0 Å². The highest BCUT2D eigenvalue weighted by atomic mass is 79.9. The summed E-state index contributed by atoms with van der Waals surface area (Å²) < 4.78 is 15.8. The SMILES string of the molecule is CCc1cn(C)c2cc(F)c(Br)cc12. The molecule has 0 N–H and O–H groups in total. The van der Waals surface area contributed by atoms with Crippen molar-refractivity contribution in [3.63, 3.8) is 0 Å². The standard InChI is InChI=1S/C11H11BrFN/c1-3-7-6-14(2)11-5-10(13)9(12)4-8(7)11/h4-6H,3H2,1-2H3. The van der Waals surface area contributed by atoms with Crippen LogP contribution in [0.4, 0.5) is 4.39 Å². The molecule has 0 saturated carbocycles. The number of hydrogen-bond donors (Lipinski definition) is 0. The van der Waals surface area contributed by atoms with E-state index in [-0.39, 0.29) is 5.82 Å². The number of halogens is 2. The smallest absolute Gasteiger partial charge is 0.139 e. The summed E-state index contributed by atoms with van der Waals surface area (Å²) in [6.07, 6.45) is 3.02. The molecule has 0 bridgehead atoms. The Morgan fingerprint density at radius 3 is 2.79 bits per heavy atom. The highest BCUT2D eigenvalue weighted by Gasteiger charge is 2.08. The fourth-order valence-electron chi connectivity index (χ4n) is 1.74. The third-order valence-corrected chi connectivity index (χ3v) is 3.10. The van der Waals surface area contributed by atoms with E-state index in [4.69, 9.17) is 0 Å². The number of nitrogens with zero attached hydrogens (tertiary/aromatic N) is 1. The summed E-state index contributed by atoms with van der Waals surface area (Å²) >= 11 is 3.20. The first kappa shape index (κ1) is 9.71. The number of aromatic nitrogens is 1. The first-order chi connectivity index (χ1) is 6.63. The lowest BCUT2D eigenvalue weighted by atomic mass is 10.1. The van der Waals surface area contributed by atoms with E-state index in [1.165, 1.54) is 5.56 Å². The van der Waals surface area contributed by atoms with Gasteiger partial charge in [-0.1, -0.05) is 6.92 Å². The van der Waals surface area contributed by atoms with Crippen molar-refractivity contribution in [1.82, 2.24) is 4.57 Å². The summed E-state index contributed by atoms with van der Waals surface area (Å²) in [4.78, 5) is 0. The van der Waals surface area contributed by atoms with Gasteiger partial charge in [0.15, 0.2) is 0 Å². The lowest BCUT2D eigenvalue weighted by Crippen LogP contribution is -1.85. The predicted octanol–water partition coefficient (Wildman–Crippen LogP) is 3.64. The van der Waals surface area contributed by atoms with Gasteiger partial charge >= 0.3 is 0 Å². The first-order valence-electron chi connectivity index (χ1n) is 4.56. The molecule has 2 rings (SSSR count). The number of rotatable bonds is 1. The predicted molar refractivity (Wildman–Crippen MR) is 60.0 cm³/mol. The molecule has 1 nitrogen and oxygen atoms in total. The molecule has 0 unspecified atom stereocenters. The summed E-state index contributed by atoms with van der Waals surface area (Å²) in [7, 11) is 1.94. The third-order valence-electron chi connectivity index (χ3n) is 2.49. The maximum atomic E-state index is 13.3. The van der Waals surface area contributed by atoms with Gasteiger partial charge in [0.2, 0.25) is 0 Å². The van der Waals surface area contributed by atoms with Crippen molar-refractivity contribution in [3.05, 3.63) is 34.2 Å². The van der Waals surface area contributed by atoms with Gasteiger partial charge in [-0.25, -0.2) is 4.39 Å². The maximum Gasteiger partial charge on any atom is 0.139 e. The molecule has 2 aromatic rings. The van der Waals surface area contributed by atoms with E-state index in [0.29, 0.717) is 4.47 Å². The van der Waals surface area contributed by atoms with Crippen LogP contribution in [0.25, 0.3) is 10.9 Å². The molecule has 0 aliphatic rings. The van der Waals surface area contributed by atoms with E-state index in [2.05, 4.69) is 29.1 Å². The maximum absolute atomic E-state index is 13.3.